The third-order valence-electron chi connectivity index (χ3n) is 5.77. The van der Waals surface area contributed by atoms with Crippen LogP contribution in [-0.4, -0.2) is 99.2 Å². The van der Waals surface area contributed by atoms with E-state index in [-0.39, 0.29) is 24.0 Å². The quantitative estimate of drug-likeness (QED) is 0.331. The molecule has 0 spiro atoms. The van der Waals surface area contributed by atoms with Gasteiger partial charge in [-0.25, -0.2) is 0 Å². The number of hydrogen-bond donors (Lipinski definition) is 1. The lowest BCUT2D eigenvalue weighted by atomic mass is 10.1. The zero-order valence-electron chi connectivity index (χ0n) is 18.3. The highest BCUT2D eigenvalue weighted by molar-refractivity contribution is 14.0. The monoisotopic (exact) mass is 534 g/mol. The van der Waals surface area contributed by atoms with Crippen LogP contribution in [0.15, 0.2) is 22.5 Å². The summed E-state index contributed by atoms with van der Waals surface area (Å²) in [7, 11) is 0. The van der Waals surface area contributed by atoms with Gasteiger partial charge in [-0.05, 0) is 36.9 Å². The fourth-order valence-corrected chi connectivity index (χ4v) is 4.83. The van der Waals surface area contributed by atoms with Crippen molar-refractivity contribution >= 4 is 46.3 Å². The van der Waals surface area contributed by atoms with Gasteiger partial charge in [0.15, 0.2) is 5.96 Å². The van der Waals surface area contributed by atoms with Crippen LogP contribution >= 0.6 is 35.3 Å². The van der Waals surface area contributed by atoms with Gasteiger partial charge in [0.1, 0.15) is 0 Å². The Morgan fingerprint density at radius 3 is 2.34 bits per heavy atom. The van der Waals surface area contributed by atoms with Gasteiger partial charge in [0.2, 0.25) is 0 Å². The Morgan fingerprint density at radius 1 is 1.07 bits per heavy atom. The largest absolute Gasteiger partial charge is 0.360 e. The Hall–Kier alpha value is -0.580. The third-order valence-corrected chi connectivity index (χ3v) is 6.70. The second-order valence-electron chi connectivity index (χ2n) is 7.96. The van der Waals surface area contributed by atoms with Crippen LogP contribution in [0.3, 0.4) is 0 Å². The summed E-state index contributed by atoms with van der Waals surface area (Å²) >= 11 is 1.84. The van der Waals surface area contributed by atoms with Gasteiger partial charge in [-0.2, -0.15) is 0 Å². The summed E-state index contributed by atoms with van der Waals surface area (Å²) in [5, 5.41) is 7.06. The van der Waals surface area contributed by atoms with E-state index in [1.807, 2.05) is 11.3 Å². The fourth-order valence-electron chi connectivity index (χ4n) is 4.04. The predicted octanol–water partition coefficient (Wildman–Crippen LogP) is 2.73. The molecule has 0 aliphatic carbocycles. The number of anilines is 1. The van der Waals surface area contributed by atoms with E-state index in [0.29, 0.717) is 5.92 Å². The van der Waals surface area contributed by atoms with Crippen LogP contribution in [0.4, 0.5) is 5.00 Å². The molecule has 2 fully saturated rings. The minimum atomic E-state index is 0. The second kappa shape index (κ2) is 13.0. The first-order valence-corrected chi connectivity index (χ1v) is 11.8. The number of nitrogens with zero attached hydrogens (tertiary/aromatic N) is 5. The maximum atomic E-state index is 5.00. The number of hydrogen-bond acceptors (Lipinski definition) is 5. The molecule has 2 saturated heterocycles. The van der Waals surface area contributed by atoms with Crippen LogP contribution in [0.5, 0.6) is 0 Å². The number of piperazine rings is 2. The fraction of sp³-hybridized carbons (Fsp3) is 0.762. The molecular formula is C21H39IN6S. The smallest absolute Gasteiger partial charge is 0.194 e. The first-order chi connectivity index (χ1) is 13.7. The molecule has 1 aromatic heterocycles. The topological polar surface area (TPSA) is 37.4 Å². The van der Waals surface area contributed by atoms with Crippen molar-refractivity contribution < 1.29 is 0 Å². The van der Waals surface area contributed by atoms with E-state index in [0.717, 1.165) is 51.8 Å². The lowest BCUT2D eigenvalue weighted by molar-refractivity contribution is 0.125. The van der Waals surface area contributed by atoms with E-state index >= 15 is 0 Å². The van der Waals surface area contributed by atoms with Gasteiger partial charge >= 0.3 is 0 Å². The van der Waals surface area contributed by atoms with Gasteiger partial charge in [-0.1, -0.05) is 13.8 Å². The third kappa shape index (κ3) is 7.56. The number of aliphatic imine (C=N–C) groups is 1. The average Bonchev–Trinajstić information content (AvgIpc) is 3.27. The molecule has 0 amide bonds. The molecule has 0 bridgehead atoms. The number of halogens is 1. The van der Waals surface area contributed by atoms with Crippen molar-refractivity contribution in [2.45, 2.75) is 20.8 Å². The molecule has 3 heterocycles. The molecule has 6 nitrogen and oxygen atoms in total. The second-order valence-corrected chi connectivity index (χ2v) is 8.89. The molecule has 0 radical (unpaired) electrons. The Kier molecular flexibility index (Phi) is 11.0. The van der Waals surface area contributed by atoms with Crippen LogP contribution in [0.1, 0.15) is 20.8 Å². The van der Waals surface area contributed by atoms with E-state index in [9.17, 15) is 0 Å². The number of likely N-dealkylation sites (N-methyl/N-ethyl adjacent to an activating group) is 1. The van der Waals surface area contributed by atoms with Crippen molar-refractivity contribution in [3.63, 3.8) is 0 Å². The van der Waals surface area contributed by atoms with Crippen LogP contribution < -0.4 is 10.2 Å². The summed E-state index contributed by atoms with van der Waals surface area (Å²) in [6.45, 7) is 20.0. The SMILES string of the molecule is CCNC(=NCC(C)CN1CCN(CC)CC1)N1CCN(c2cccs2)CC1.I. The van der Waals surface area contributed by atoms with Crippen LogP contribution in [0, 0.1) is 5.92 Å². The Morgan fingerprint density at radius 2 is 1.76 bits per heavy atom. The van der Waals surface area contributed by atoms with Crippen LogP contribution in [-0.2, 0) is 0 Å². The molecule has 1 unspecified atom stereocenters. The molecular weight excluding hydrogens is 495 g/mol. The molecule has 1 aromatic rings. The maximum Gasteiger partial charge on any atom is 0.194 e. The summed E-state index contributed by atoms with van der Waals surface area (Å²) in [5.41, 5.74) is 0. The zero-order chi connectivity index (χ0) is 19.8. The highest BCUT2D eigenvalue weighted by atomic mass is 127. The van der Waals surface area contributed by atoms with Gasteiger partial charge < -0.3 is 24.9 Å². The molecule has 2 aliphatic heterocycles. The summed E-state index contributed by atoms with van der Waals surface area (Å²) in [4.78, 5) is 15.1. The van der Waals surface area contributed by atoms with Gasteiger partial charge in [0, 0.05) is 72.0 Å². The van der Waals surface area contributed by atoms with Crippen LogP contribution in [0.25, 0.3) is 0 Å². The number of thiophene rings is 1. The highest BCUT2D eigenvalue weighted by Gasteiger charge is 2.21. The van der Waals surface area contributed by atoms with Crippen molar-refractivity contribution in [2.24, 2.45) is 10.9 Å². The Labute approximate surface area is 198 Å². The summed E-state index contributed by atoms with van der Waals surface area (Å²) < 4.78 is 0. The van der Waals surface area contributed by atoms with E-state index in [1.54, 1.807) is 0 Å². The van der Waals surface area contributed by atoms with E-state index < -0.39 is 0 Å². The predicted molar refractivity (Wildman–Crippen MR) is 137 cm³/mol. The maximum absolute atomic E-state index is 5.00. The number of nitrogens with one attached hydrogen (secondary N) is 1. The van der Waals surface area contributed by atoms with E-state index in [4.69, 9.17) is 4.99 Å². The zero-order valence-corrected chi connectivity index (χ0v) is 21.5. The molecule has 2 aliphatic rings. The molecule has 0 saturated carbocycles. The Balaban J connectivity index is 0.00000300. The van der Waals surface area contributed by atoms with Gasteiger partial charge in [-0.3, -0.25) is 4.99 Å². The molecule has 1 N–H and O–H groups in total. The van der Waals surface area contributed by atoms with Crippen molar-refractivity contribution in [3.05, 3.63) is 17.5 Å². The van der Waals surface area contributed by atoms with E-state index in [2.05, 4.69) is 63.2 Å². The molecule has 8 heteroatoms. The minimum Gasteiger partial charge on any atom is -0.360 e. The van der Waals surface area contributed by atoms with Crippen molar-refractivity contribution in [1.82, 2.24) is 20.0 Å². The normalized spacial score (nSPS) is 20.4. The highest BCUT2D eigenvalue weighted by Crippen LogP contribution is 2.22. The summed E-state index contributed by atoms with van der Waals surface area (Å²) in [6.07, 6.45) is 0. The standard InChI is InChI=1S/C21H38N6S.HI/c1-4-22-21(27-14-12-26(13-15-27)20-7-6-16-28-20)23-17-19(3)18-25-10-8-24(5-2)9-11-25;/h6-7,16,19H,4-5,8-15,17-18H2,1-3H3,(H,22,23);1H. The average molecular weight is 535 g/mol. The lowest BCUT2D eigenvalue weighted by Crippen LogP contribution is -2.52. The summed E-state index contributed by atoms with van der Waals surface area (Å²) in [6, 6.07) is 4.36. The molecule has 0 aromatic carbocycles. The molecule has 1 atom stereocenters. The molecule has 29 heavy (non-hydrogen) atoms. The minimum absolute atomic E-state index is 0. The van der Waals surface area contributed by atoms with Gasteiger partial charge in [0.25, 0.3) is 0 Å². The molecule has 3 rings (SSSR count). The first-order valence-electron chi connectivity index (χ1n) is 11.0. The first kappa shape index (κ1) is 24.7. The van der Waals surface area contributed by atoms with Crippen molar-refractivity contribution in [1.29, 1.82) is 0 Å². The van der Waals surface area contributed by atoms with Gasteiger partial charge in [-0.15, -0.1) is 35.3 Å². The van der Waals surface area contributed by atoms with Gasteiger partial charge in [0.05, 0.1) is 5.00 Å². The lowest BCUT2D eigenvalue weighted by Gasteiger charge is -2.37. The number of guanidine groups is 1. The Bertz CT molecular complexity index is 580. The van der Waals surface area contributed by atoms with E-state index in [1.165, 1.54) is 37.7 Å². The molecule has 166 valence electrons. The summed E-state index contributed by atoms with van der Waals surface area (Å²) in [5.74, 6) is 1.69. The van der Waals surface area contributed by atoms with Crippen molar-refractivity contribution in [3.8, 4) is 0 Å². The number of rotatable bonds is 7. The van der Waals surface area contributed by atoms with Crippen molar-refractivity contribution in [2.75, 3.05) is 83.4 Å². The van der Waals surface area contributed by atoms with Crippen LogP contribution in [0.2, 0.25) is 0 Å².